The number of benzene rings is 2. The third-order valence-electron chi connectivity index (χ3n) is 4.18. The van der Waals surface area contributed by atoms with E-state index in [-0.39, 0.29) is 5.91 Å². The summed E-state index contributed by atoms with van der Waals surface area (Å²) in [6.07, 6.45) is 0. The van der Waals surface area contributed by atoms with Crippen molar-refractivity contribution in [3.8, 4) is 17.1 Å². The second-order valence-corrected chi connectivity index (χ2v) is 8.84. The monoisotopic (exact) mass is 455 g/mol. The van der Waals surface area contributed by atoms with E-state index in [9.17, 15) is 4.79 Å². The van der Waals surface area contributed by atoms with Gasteiger partial charge in [0.2, 0.25) is 5.91 Å². The molecule has 30 heavy (non-hydrogen) atoms. The number of aryl methyl sites for hydroxylation is 1. The Balaban J connectivity index is 1.66. The minimum absolute atomic E-state index is 0.131. The first kappa shape index (κ1) is 20.6. The zero-order chi connectivity index (χ0) is 21.1. The van der Waals surface area contributed by atoms with Gasteiger partial charge in [-0.2, -0.15) is 0 Å². The van der Waals surface area contributed by atoms with Gasteiger partial charge in [-0.15, -0.1) is 21.5 Å². The van der Waals surface area contributed by atoms with Gasteiger partial charge < -0.3 is 5.32 Å². The number of carbonyl (C=O) groups excluding carboxylic acids is 1. The Hall–Kier alpha value is -2.68. The van der Waals surface area contributed by atoms with E-state index in [2.05, 4.69) is 39.6 Å². The predicted octanol–water partition coefficient (Wildman–Crippen LogP) is 5.60. The number of hydrogen-bond acceptors (Lipinski definition) is 6. The van der Waals surface area contributed by atoms with Gasteiger partial charge >= 0.3 is 0 Å². The Morgan fingerprint density at radius 2 is 2.00 bits per heavy atom. The van der Waals surface area contributed by atoms with Crippen molar-refractivity contribution < 1.29 is 4.79 Å². The maximum Gasteiger partial charge on any atom is 0.223 e. The second kappa shape index (κ2) is 8.99. The van der Waals surface area contributed by atoms with Crippen LogP contribution in [0.25, 0.3) is 17.1 Å². The second-order valence-electron chi connectivity index (χ2n) is 6.60. The van der Waals surface area contributed by atoms with Gasteiger partial charge in [-0.05, 0) is 37.3 Å². The highest BCUT2D eigenvalue weighted by Gasteiger charge is 2.17. The summed E-state index contributed by atoms with van der Waals surface area (Å²) in [5.41, 5.74) is 3.95. The Bertz CT molecular complexity index is 1190. The molecule has 0 fully saturated rings. The van der Waals surface area contributed by atoms with Crippen LogP contribution in [0.15, 0.2) is 59.1 Å². The van der Waals surface area contributed by atoms with Crippen LogP contribution >= 0.6 is 34.7 Å². The van der Waals surface area contributed by atoms with Crippen molar-refractivity contribution in [3.63, 3.8) is 0 Å². The molecule has 0 unspecified atom stereocenters. The number of anilines is 1. The van der Waals surface area contributed by atoms with E-state index in [4.69, 9.17) is 11.6 Å². The summed E-state index contributed by atoms with van der Waals surface area (Å²) in [5.74, 6) is 1.24. The first-order chi connectivity index (χ1) is 14.5. The number of rotatable bonds is 6. The standard InChI is InChI=1S/C21H18ClN5OS2/c1-13-4-3-5-15(10-13)19-25-26-21(27(19)18-8-6-16(22)7-9-18)30-12-17-11-29-20(24-17)23-14(2)28/h3-11H,12H2,1-2H3,(H,23,24,28). The fourth-order valence-corrected chi connectivity index (χ4v) is 4.71. The molecule has 0 radical (unpaired) electrons. The number of carbonyl (C=O) groups is 1. The average molecular weight is 456 g/mol. The number of thioether (sulfide) groups is 1. The van der Waals surface area contributed by atoms with Gasteiger partial charge in [0, 0.05) is 34.3 Å². The Morgan fingerprint density at radius 1 is 1.20 bits per heavy atom. The van der Waals surface area contributed by atoms with E-state index in [1.807, 2.05) is 46.3 Å². The van der Waals surface area contributed by atoms with Gasteiger partial charge in [-0.1, -0.05) is 47.1 Å². The molecule has 6 nitrogen and oxygen atoms in total. The predicted molar refractivity (Wildman–Crippen MR) is 123 cm³/mol. The summed E-state index contributed by atoms with van der Waals surface area (Å²) in [5, 5.41) is 15.6. The van der Waals surface area contributed by atoms with Gasteiger partial charge in [-0.3, -0.25) is 9.36 Å². The van der Waals surface area contributed by atoms with Gasteiger partial charge in [0.05, 0.1) is 5.69 Å². The highest BCUT2D eigenvalue weighted by molar-refractivity contribution is 7.98. The number of nitrogens with zero attached hydrogens (tertiary/aromatic N) is 4. The Morgan fingerprint density at radius 3 is 2.73 bits per heavy atom. The maximum atomic E-state index is 11.2. The lowest BCUT2D eigenvalue weighted by Gasteiger charge is -2.10. The molecule has 1 N–H and O–H groups in total. The van der Waals surface area contributed by atoms with Crippen LogP contribution in [-0.2, 0) is 10.5 Å². The van der Waals surface area contributed by atoms with Crippen LogP contribution in [0.4, 0.5) is 5.13 Å². The van der Waals surface area contributed by atoms with Crippen molar-refractivity contribution in [1.29, 1.82) is 0 Å². The molecule has 2 aromatic carbocycles. The molecule has 1 amide bonds. The number of hydrogen-bond donors (Lipinski definition) is 1. The highest BCUT2D eigenvalue weighted by atomic mass is 35.5. The number of thiazole rings is 1. The normalized spacial score (nSPS) is 10.9. The molecule has 0 atom stereocenters. The third-order valence-corrected chi connectivity index (χ3v) is 6.20. The number of amides is 1. The van der Waals surface area contributed by atoms with Gasteiger partial charge in [0.15, 0.2) is 16.1 Å². The molecule has 0 aliphatic rings. The molecule has 0 spiro atoms. The first-order valence-corrected chi connectivity index (χ1v) is 11.4. The third kappa shape index (κ3) is 4.72. The molecular weight excluding hydrogens is 438 g/mol. The minimum atomic E-state index is -0.131. The molecule has 0 aliphatic heterocycles. The molecule has 2 aromatic heterocycles. The topological polar surface area (TPSA) is 72.7 Å². The number of aromatic nitrogens is 4. The van der Waals surface area contributed by atoms with Crippen LogP contribution in [0.2, 0.25) is 5.02 Å². The van der Waals surface area contributed by atoms with Crippen molar-refractivity contribution in [2.24, 2.45) is 0 Å². The molecule has 4 aromatic rings. The fraction of sp³-hybridized carbons (Fsp3) is 0.143. The lowest BCUT2D eigenvalue weighted by molar-refractivity contribution is -0.114. The summed E-state index contributed by atoms with van der Waals surface area (Å²) < 4.78 is 2.02. The van der Waals surface area contributed by atoms with Crippen molar-refractivity contribution in [2.75, 3.05) is 5.32 Å². The van der Waals surface area contributed by atoms with E-state index in [0.717, 1.165) is 33.5 Å². The summed E-state index contributed by atoms with van der Waals surface area (Å²) in [6, 6.07) is 15.8. The van der Waals surface area contributed by atoms with Gasteiger partial charge in [-0.25, -0.2) is 4.98 Å². The molecule has 2 heterocycles. The van der Waals surface area contributed by atoms with Crippen LogP contribution in [0, 0.1) is 6.92 Å². The number of nitrogens with one attached hydrogen (secondary N) is 1. The van der Waals surface area contributed by atoms with E-state index in [1.54, 1.807) is 0 Å². The van der Waals surface area contributed by atoms with Gasteiger partial charge in [0.1, 0.15) is 0 Å². The molecule has 0 saturated heterocycles. The van der Waals surface area contributed by atoms with Crippen LogP contribution in [-0.4, -0.2) is 25.7 Å². The van der Waals surface area contributed by atoms with Gasteiger partial charge in [0.25, 0.3) is 0 Å². The maximum absolute atomic E-state index is 11.2. The lowest BCUT2D eigenvalue weighted by atomic mass is 10.1. The zero-order valence-corrected chi connectivity index (χ0v) is 18.7. The highest BCUT2D eigenvalue weighted by Crippen LogP contribution is 2.31. The zero-order valence-electron chi connectivity index (χ0n) is 16.3. The van der Waals surface area contributed by atoms with E-state index >= 15 is 0 Å². The molecular formula is C21H18ClN5OS2. The van der Waals surface area contributed by atoms with Crippen molar-refractivity contribution in [2.45, 2.75) is 24.8 Å². The fourth-order valence-electron chi connectivity index (χ4n) is 2.88. The van der Waals surface area contributed by atoms with E-state index < -0.39 is 0 Å². The summed E-state index contributed by atoms with van der Waals surface area (Å²) >= 11 is 9.03. The molecule has 0 saturated carbocycles. The SMILES string of the molecule is CC(=O)Nc1nc(CSc2nnc(-c3cccc(C)c3)n2-c2ccc(Cl)cc2)cs1. The molecule has 0 aliphatic carbocycles. The Kier molecular flexibility index (Phi) is 6.17. The molecule has 0 bridgehead atoms. The van der Waals surface area contributed by atoms with Crippen molar-refractivity contribution in [1.82, 2.24) is 19.7 Å². The van der Waals surface area contributed by atoms with E-state index in [0.29, 0.717) is 15.9 Å². The van der Waals surface area contributed by atoms with Crippen molar-refractivity contribution >= 4 is 45.7 Å². The van der Waals surface area contributed by atoms with Crippen molar-refractivity contribution in [3.05, 3.63) is 70.2 Å². The molecule has 9 heteroatoms. The number of halogens is 1. The van der Waals surface area contributed by atoms with Crippen LogP contribution in [0.3, 0.4) is 0 Å². The largest absolute Gasteiger partial charge is 0.302 e. The quantitative estimate of drug-likeness (QED) is 0.383. The summed E-state index contributed by atoms with van der Waals surface area (Å²) in [6.45, 7) is 3.52. The first-order valence-electron chi connectivity index (χ1n) is 9.13. The Labute approximate surface area is 187 Å². The van der Waals surface area contributed by atoms with Crippen LogP contribution in [0.5, 0.6) is 0 Å². The van der Waals surface area contributed by atoms with Crippen LogP contribution in [0.1, 0.15) is 18.2 Å². The molecule has 152 valence electrons. The minimum Gasteiger partial charge on any atom is -0.302 e. The van der Waals surface area contributed by atoms with E-state index in [1.165, 1.54) is 30.0 Å². The average Bonchev–Trinajstić information content (AvgIpc) is 3.33. The lowest BCUT2D eigenvalue weighted by Crippen LogP contribution is -2.05. The summed E-state index contributed by atoms with van der Waals surface area (Å²) in [7, 11) is 0. The summed E-state index contributed by atoms with van der Waals surface area (Å²) in [4.78, 5) is 15.7. The smallest absolute Gasteiger partial charge is 0.223 e. The molecule has 4 rings (SSSR count). The van der Waals surface area contributed by atoms with Crippen LogP contribution < -0.4 is 5.32 Å².